The highest BCUT2D eigenvalue weighted by Crippen LogP contribution is 2.34. The fraction of sp³-hybridized carbons (Fsp3) is 0.300. The summed E-state index contributed by atoms with van der Waals surface area (Å²) in [5, 5.41) is 12.7. The average molecular weight is 242 g/mol. The maximum Gasteiger partial charge on any atom is 0.296 e. The van der Waals surface area contributed by atoms with Crippen molar-refractivity contribution in [2.45, 2.75) is 12.8 Å². The Balaban J connectivity index is 2.37. The lowest BCUT2D eigenvalue weighted by atomic mass is 10.2. The summed E-state index contributed by atoms with van der Waals surface area (Å²) in [6.07, 6.45) is 1.33. The van der Waals surface area contributed by atoms with E-state index in [1.807, 2.05) is 0 Å². The van der Waals surface area contributed by atoms with Crippen LogP contribution < -0.4 is 5.32 Å². The topological polar surface area (TPSA) is 72.2 Å². The number of hydrogen-bond acceptors (Lipinski definition) is 3. The number of carbonyl (C=O) groups excluding carboxylic acids is 1. The van der Waals surface area contributed by atoms with Gasteiger partial charge in [0.2, 0.25) is 5.91 Å². The summed E-state index contributed by atoms with van der Waals surface area (Å²) in [4.78, 5) is 21.1. The van der Waals surface area contributed by atoms with E-state index in [4.69, 9.17) is 0 Å². The summed E-state index contributed by atoms with van der Waals surface area (Å²) in [5.41, 5.74) is -1.36. The number of anilines is 1. The van der Waals surface area contributed by atoms with E-state index in [2.05, 4.69) is 5.32 Å². The van der Waals surface area contributed by atoms with Gasteiger partial charge in [-0.1, -0.05) is 0 Å². The monoisotopic (exact) mass is 242 g/mol. The van der Waals surface area contributed by atoms with Gasteiger partial charge in [0.25, 0.3) is 5.69 Å². The van der Waals surface area contributed by atoms with E-state index < -0.39 is 33.8 Å². The summed E-state index contributed by atoms with van der Waals surface area (Å²) in [7, 11) is 0. The van der Waals surface area contributed by atoms with Crippen LogP contribution >= 0.6 is 0 Å². The van der Waals surface area contributed by atoms with Crippen LogP contribution in [0.4, 0.5) is 20.2 Å². The molecule has 0 aliphatic heterocycles. The molecule has 1 amide bonds. The van der Waals surface area contributed by atoms with Gasteiger partial charge in [-0.05, 0) is 18.9 Å². The lowest BCUT2D eigenvalue weighted by Gasteiger charge is -2.06. The van der Waals surface area contributed by atoms with Crippen molar-refractivity contribution in [2.24, 2.45) is 5.92 Å². The molecule has 1 aliphatic carbocycles. The molecule has 0 radical (unpaired) electrons. The molecule has 2 rings (SSSR count). The van der Waals surface area contributed by atoms with Crippen LogP contribution in [0.2, 0.25) is 0 Å². The quantitative estimate of drug-likeness (QED) is 0.652. The molecule has 7 heteroatoms. The van der Waals surface area contributed by atoms with Crippen molar-refractivity contribution >= 4 is 17.3 Å². The molecule has 5 nitrogen and oxygen atoms in total. The third-order valence-electron chi connectivity index (χ3n) is 2.47. The predicted molar refractivity (Wildman–Crippen MR) is 54.4 cm³/mol. The Kier molecular flexibility index (Phi) is 2.74. The summed E-state index contributed by atoms with van der Waals surface area (Å²) in [6, 6.07) is 1.47. The van der Waals surface area contributed by atoms with Crippen molar-refractivity contribution in [3.05, 3.63) is 33.9 Å². The van der Waals surface area contributed by atoms with E-state index in [0.717, 1.165) is 6.07 Å². The highest BCUT2D eigenvalue weighted by atomic mass is 19.2. The minimum atomic E-state index is -1.41. The number of halogens is 2. The Morgan fingerprint density at radius 3 is 2.59 bits per heavy atom. The van der Waals surface area contributed by atoms with Crippen LogP contribution in [0.15, 0.2) is 12.1 Å². The van der Waals surface area contributed by atoms with Crippen molar-refractivity contribution in [1.82, 2.24) is 0 Å². The minimum Gasteiger partial charge on any atom is -0.318 e. The zero-order chi connectivity index (χ0) is 12.6. The number of nitro benzene ring substituents is 1. The molecule has 1 aromatic rings. The van der Waals surface area contributed by atoms with Crippen LogP contribution in [0.3, 0.4) is 0 Å². The standard InChI is InChI=1S/C10H8F2N2O3/c11-6-3-4-7(14(16)17)9(8(6)12)13-10(15)5-1-2-5/h3-5H,1-2H2,(H,13,15). The lowest BCUT2D eigenvalue weighted by molar-refractivity contribution is -0.384. The molecule has 1 fully saturated rings. The maximum absolute atomic E-state index is 13.4. The van der Waals surface area contributed by atoms with Crippen LogP contribution in [-0.2, 0) is 4.79 Å². The molecule has 0 saturated heterocycles. The summed E-state index contributed by atoms with van der Waals surface area (Å²) in [5.74, 6) is -3.41. The van der Waals surface area contributed by atoms with Crippen molar-refractivity contribution in [1.29, 1.82) is 0 Å². The predicted octanol–water partition coefficient (Wildman–Crippen LogP) is 2.22. The molecule has 0 heterocycles. The van der Waals surface area contributed by atoms with Crippen molar-refractivity contribution in [2.75, 3.05) is 5.32 Å². The van der Waals surface area contributed by atoms with Gasteiger partial charge >= 0.3 is 0 Å². The summed E-state index contributed by atoms with van der Waals surface area (Å²) >= 11 is 0. The molecule has 0 aromatic heterocycles. The Morgan fingerprint density at radius 2 is 2.06 bits per heavy atom. The fourth-order valence-corrected chi connectivity index (χ4v) is 1.38. The maximum atomic E-state index is 13.4. The molecule has 1 aliphatic rings. The summed E-state index contributed by atoms with van der Waals surface area (Å²) < 4.78 is 26.3. The molecular weight excluding hydrogens is 234 g/mol. The normalized spacial score (nSPS) is 14.5. The Bertz CT molecular complexity index is 501. The summed E-state index contributed by atoms with van der Waals surface area (Å²) in [6.45, 7) is 0. The van der Waals surface area contributed by atoms with E-state index in [1.165, 1.54) is 0 Å². The van der Waals surface area contributed by atoms with Gasteiger partial charge in [0.05, 0.1) is 4.92 Å². The number of nitrogens with one attached hydrogen (secondary N) is 1. The molecule has 0 atom stereocenters. The molecular formula is C10H8F2N2O3. The second-order valence-electron chi connectivity index (χ2n) is 3.78. The van der Waals surface area contributed by atoms with Crippen LogP contribution in [0.5, 0.6) is 0 Å². The van der Waals surface area contributed by atoms with Crippen LogP contribution in [0, 0.1) is 27.7 Å². The molecule has 1 N–H and O–H groups in total. The van der Waals surface area contributed by atoms with Gasteiger partial charge in [-0.25, -0.2) is 8.78 Å². The van der Waals surface area contributed by atoms with Gasteiger partial charge in [0.1, 0.15) is 0 Å². The second kappa shape index (κ2) is 4.08. The Labute approximate surface area is 94.6 Å². The van der Waals surface area contributed by atoms with E-state index in [9.17, 15) is 23.7 Å². The largest absolute Gasteiger partial charge is 0.318 e. The number of nitro groups is 1. The van der Waals surface area contributed by atoms with Gasteiger partial charge in [-0.15, -0.1) is 0 Å². The zero-order valence-electron chi connectivity index (χ0n) is 8.57. The van der Waals surface area contributed by atoms with Crippen LogP contribution in [0.25, 0.3) is 0 Å². The number of rotatable bonds is 3. The van der Waals surface area contributed by atoms with Gasteiger partial charge < -0.3 is 5.32 Å². The molecule has 0 unspecified atom stereocenters. The lowest BCUT2D eigenvalue weighted by Crippen LogP contribution is -2.16. The molecule has 1 aromatic carbocycles. The fourth-order valence-electron chi connectivity index (χ4n) is 1.38. The van der Waals surface area contributed by atoms with Crippen LogP contribution in [0.1, 0.15) is 12.8 Å². The Morgan fingerprint density at radius 1 is 1.41 bits per heavy atom. The number of carbonyl (C=O) groups is 1. The number of benzene rings is 1. The van der Waals surface area contributed by atoms with Crippen molar-refractivity contribution in [3.63, 3.8) is 0 Å². The third kappa shape index (κ3) is 2.22. The molecule has 0 spiro atoms. The Hall–Kier alpha value is -2.05. The average Bonchev–Trinajstić information content (AvgIpc) is 3.08. The molecule has 90 valence electrons. The van der Waals surface area contributed by atoms with E-state index in [0.29, 0.717) is 18.9 Å². The van der Waals surface area contributed by atoms with Gasteiger partial charge in [-0.2, -0.15) is 0 Å². The zero-order valence-corrected chi connectivity index (χ0v) is 8.57. The first kappa shape index (κ1) is 11.4. The van der Waals surface area contributed by atoms with Gasteiger partial charge in [-0.3, -0.25) is 14.9 Å². The van der Waals surface area contributed by atoms with Gasteiger partial charge in [0.15, 0.2) is 17.3 Å². The van der Waals surface area contributed by atoms with Crippen molar-refractivity contribution in [3.8, 4) is 0 Å². The number of amides is 1. The first-order valence-electron chi connectivity index (χ1n) is 4.94. The highest BCUT2D eigenvalue weighted by Gasteiger charge is 2.32. The second-order valence-corrected chi connectivity index (χ2v) is 3.78. The van der Waals surface area contributed by atoms with E-state index in [1.54, 1.807) is 0 Å². The number of nitrogens with zero attached hydrogens (tertiary/aromatic N) is 1. The minimum absolute atomic E-state index is 0.253. The SMILES string of the molecule is O=C(Nc1c([N+](=O)[O-])ccc(F)c1F)C1CC1. The highest BCUT2D eigenvalue weighted by molar-refractivity contribution is 5.96. The van der Waals surface area contributed by atoms with E-state index >= 15 is 0 Å². The number of hydrogen-bond donors (Lipinski definition) is 1. The van der Waals surface area contributed by atoms with Crippen LogP contribution in [-0.4, -0.2) is 10.8 Å². The molecule has 17 heavy (non-hydrogen) atoms. The molecule has 0 bridgehead atoms. The first-order valence-corrected chi connectivity index (χ1v) is 4.94. The molecule has 1 saturated carbocycles. The first-order chi connectivity index (χ1) is 8.00. The van der Waals surface area contributed by atoms with Gasteiger partial charge in [0, 0.05) is 12.0 Å². The van der Waals surface area contributed by atoms with E-state index in [-0.39, 0.29) is 5.92 Å². The smallest absolute Gasteiger partial charge is 0.296 e. The third-order valence-corrected chi connectivity index (χ3v) is 2.47. The van der Waals surface area contributed by atoms with Crippen molar-refractivity contribution < 1.29 is 18.5 Å².